The third-order valence-electron chi connectivity index (χ3n) is 3.01. The van der Waals surface area contributed by atoms with Crippen molar-refractivity contribution in [3.63, 3.8) is 0 Å². The van der Waals surface area contributed by atoms with Crippen LogP contribution in [0.15, 0.2) is 18.2 Å². The van der Waals surface area contributed by atoms with E-state index in [1.807, 2.05) is 26.0 Å². The minimum Gasteiger partial charge on any atom is -0.339 e. The van der Waals surface area contributed by atoms with Crippen molar-refractivity contribution in [2.45, 2.75) is 33.6 Å². The van der Waals surface area contributed by atoms with Gasteiger partial charge in [0.1, 0.15) is 0 Å². The molecule has 1 amide bonds. The van der Waals surface area contributed by atoms with Crippen molar-refractivity contribution in [3.8, 4) is 0 Å². The average molecular weight is 247 g/mol. The lowest BCUT2D eigenvalue weighted by molar-refractivity contribution is -0.125. The van der Waals surface area contributed by atoms with Gasteiger partial charge in [-0.2, -0.15) is 0 Å². The molecule has 0 heterocycles. The lowest BCUT2D eigenvalue weighted by Crippen LogP contribution is -2.34. The van der Waals surface area contributed by atoms with Gasteiger partial charge in [0, 0.05) is 19.2 Å². The Morgan fingerprint density at radius 1 is 1.22 bits per heavy atom. The van der Waals surface area contributed by atoms with Gasteiger partial charge in [0.15, 0.2) is 0 Å². The first kappa shape index (κ1) is 14.4. The molecule has 0 bridgehead atoms. The van der Waals surface area contributed by atoms with Gasteiger partial charge in [-0.3, -0.25) is 9.59 Å². The number of aryl methyl sites for hydroxylation is 2. The fraction of sp³-hybridized carbons (Fsp3) is 0.467. The smallest absolute Gasteiger partial charge is 0.294 e. The predicted molar refractivity (Wildman–Crippen MR) is 72.8 cm³/mol. The Morgan fingerprint density at radius 3 is 2.44 bits per heavy atom. The number of likely N-dealkylation sites (N-methyl/N-ethyl adjacent to an activating group) is 1. The Hall–Kier alpha value is -1.64. The summed E-state index contributed by atoms with van der Waals surface area (Å²) in [6.45, 7) is 6.52. The lowest BCUT2D eigenvalue weighted by Gasteiger charge is -2.16. The third-order valence-corrected chi connectivity index (χ3v) is 3.01. The van der Waals surface area contributed by atoms with Crippen LogP contribution in [-0.4, -0.2) is 30.2 Å². The fourth-order valence-corrected chi connectivity index (χ4v) is 1.85. The molecule has 0 spiro atoms. The highest BCUT2D eigenvalue weighted by molar-refractivity contribution is 6.43. The van der Waals surface area contributed by atoms with Crippen molar-refractivity contribution in [3.05, 3.63) is 34.9 Å². The number of carbonyl (C=O) groups excluding carboxylic acids is 2. The molecule has 0 radical (unpaired) electrons. The van der Waals surface area contributed by atoms with Crippen molar-refractivity contribution in [2.75, 3.05) is 13.6 Å². The number of amides is 1. The van der Waals surface area contributed by atoms with Crippen LogP contribution in [0.2, 0.25) is 0 Å². The molecule has 0 unspecified atom stereocenters. The predicted octanol–water partition coefficient (Wildman–Crippen LogP) is 2.74. The first-order chi connectivity index (χ1) is 8.47. The van der Waals surface area contributed by atoms with Gasteiger partial charge >= 0.3 is 0 Å². The summed E-state index contributed by atoms with van der Waals surface area (Å²) in [6, 6.07) is 5.52. The van der Waals surface area contributed by atoms with E-state index in [4.69, 9.17) is 0 Å². The van der Waals surface area contributed by atoms with Crippen LogP contribution in [0.4, 0.5) is 0 Å². The number of carbonyl (C=O) groups is 2. The number of nitrogens with zero attached hydrogens (tertiary/aromatic N) is 1. The lowest BCUT2D eigenvalue weighted by atomic mass is 10.0. The number of hydrogen-bond donors (Lipinski definition) is 0. The van der Waals surface area contributed by atoms with Crippen LogP contribution < -0.4 is 0 Å². The second-order valence-electron chi connectivity index (χ2n) is 4.73. The molecule has 0 aliphatic rings. The number of Topliss-reactive ketones (excluding diaryl/α,β-unsaturated/α-hetero) is 1. The van der Waals surface area contributed by atoms with Gasteiger partial charge in [-0.1, -0.05) is 37.1 Å². The van der Waals surface area contributed by atoms with Gasteiger partial charge in [-0.15, -0.1) is 0 Å². The van der Waals surface area contributed by atoms with Crippen molar-refractivity contribution in [1.82, 2.24) is 4.90 Å². The molecule has 98 valence electrons. The zero-order chi connectivity index (χ0) is 13.7. The van der Waals surface area contributed by atoms with Crippen LogP contribution in [0, 0.1) is 13.8 Å². The Kier molecular flexibility index (Phi) is 5.08. The molecular weight excluding hydrogens is 226 g/mol. The maximum atomic E-state index is 12.1. The summed E-state index contributed by atoms with van der Waals surface area (Å²) in [7, 11) is 1.68. The summed E-state index contributed by atoms with van der Waals surface area (Å²) in [6.07, 6.45) is 1.93. The largest absolute Gasteiger partial charge is 0.339 e. The topological polar surface area (TPSA) is 37.4 Å². The van der Waals surface area contributed by atoms with E-state index < -0.39 is 11.7 Å². The molecule has 3 heteroatoms. The van der Waals surface area contributed by atoms with E-state index in [-0.39, 0.29) is 0 Å². The molecule has 0 aliphatic heterocycles. The highest BCUT2D eigenvalue weighted by Gasteiger charge is 2.21. The van der Waals surface area contributed by atoms with Gasteiger partial charge in [-0.05, 0) is 25.8 Å². The number of ketones is 1. The molecule has 18 heavy (non-hydrogen) atoms. The molecular formula is C15H21NO2. The van der Waals surface area contributed by atoms with E-state index in [0.29, 0.717) is 12.1 Å². The first-order valence-corrected chi connectivity index (χ1v) is 6.34. The first-order valence-electron chi connectivity index (χ1n) is 6.34. The minimum atomic E-state index is -0.421. The van der Waals surface area contributed by atoms with Gasteiger partial charge in [0.2, 0.25) is 0 Å². The number of benzene rings is 1. The van der Waals surface area contributed by atoms with E-state index in [9.17, 15) is 9.59 Å². The highest BCUT2D eigenvalue weighted by atomic mass is 16.2. The number of hydrogen-bond acceptors (Lipinski definition) is 2. The molecule has 0 fully saturated rings. The molecule has 0 atom stereocenters. The molecule has 3 nitrogen and oxygen atoms in total. The Balaban J connectivity index is 2.83. The second kappa shape index (κ2) is 6.34. The van der Waals surface area contributed by atoms with Gasteiger partial charge < -0.3 is 4.90 Å². The zero-order valence-corrected chi connectivity index (χ0v) is 11.6. The van der Waals surface area contributed by atoms with Crippen molar-refractivity contribution >= 4 is 11.7 Å². The minimum absolute atomic E-state index is 0.411. The maximum Gasteiger partial charge on any atom is 0.294 e. The average Bonchev–Trinajstić information content (AvgIpc) is 2.34. The summed E-state index contributed by atoms with van der Waals surface area (Å²) in [4.78, 5) is 25.6. The van der Waals surface area contributed by atoms with Gasteiger partial charge in [0.25, 0.3) is 11.7 Å². The number of rotatable bonds is 5. The van der Waals surface area contributed by atoms with Crippen molar-refractivity contribution < 1.29 is 9.59 Å². The molecule has 1 aromatic carbocycles. The van der Waals surface area contributed by atoms with Crippen LogP contribution >= 0.6 is 0 Å². The fourth-order valence-electron chi connectivity index (χ4n) is 1.85. The summed E-state index contributed by atoms with van der Waals surface area (Å²) in [5, 5.41) is 0. The SMILES string of the molecule is CCCCN(C)C(=O)C(=O)c1ccc(C)cc1C. The summed E-state index contributed by atoms with van der Waals surface area (Å²) < 4.78 is 0. The monoisotopic (exact) mass is 247 g/mol. The summed E-state index contributed by atoms with van der Waals surface area (Å²) in [5.74, 6) is -0.832. The molecule has 0 N–H and O–H groups in total. The van der Waals surface area contributed by atoms with Crippen LogP contribution in [-0.2, 0) is 4.79 Å². The molecule has 0 aromatic heterocycles. The van der Waals surface area contributed by atoms with Crippen molar-refractivity contribution in [1.29, 1.82) is 0 Å². The second-order valence-corrected chi connectivity index (χ2v) is 4.73. The Bertz CT molecular complexity index is 452. The van der Waals surface area contributed by atoms with Crippen LogP contribution in [0.25, 0.3) is 0 Å². The highest BCUT2D eigenvalue weighted by Crippen LogP contribution is 2.12. The van der Waals surface area contributed by atoms with Crippen LogP contribution in [0.3, 0.4) is 0 Å². The van der Waals surface area contributed by atoms with Crippen LogP contribution in [0.1, 0.15) is 41.3 Å². The van der Waals surface area contributed by atoms with Gasteiger partial charge in [0.05, 0.1) is 0 Å². The van der Waals surface area contributed by atoms with Crippen molar-refractivity contribution in [2.24, 2.45) is 0 Å². The van der Waals surface area contributed by atoms with Gasteiger partial charge in [-0.25, -0.2) is 0 Å². The standard InChI is InChI=1S/C15H21NO2/c1-5-6-9-16(4)15(18)14(17)13-8-7-11(2)10-12(13)3/h7-8,10H,5-6,9H2,1-4H3. The third kappa shape index (κ3) is 3.42. The summed E-state index contributed by atoms with van der Waals surface area (Å²) in [5.41, 5.74) is 2.46. The van der Waals surface area contributed by atoms with E-state index in [1.165, 1.54) is 4.90 Å². The Morgan fingerprint density at radius 2 is 1.89 bits per heavy atom. The number of unbranched alkanes of at least 4 members (excludes halogenated alkanes) is 1. The van der Waals surface area contributed by atoms with E-state index in [2.05, 4.69) is 6.92 Å². The molecule has 1 rings (SSSR count). The molecule has 0 saturated heterocycles. The Labute approximate surface area is 109 Å². The van der Waals surface area contributed by atoms with E-state index >= 15 is 0 Å². The van der Waals surface area contributed by atoms with E-state index in [1.54, 1.807) is 13.1 Å². The molecule has 1 aromatic rings. The molecule has 0 aliphatic carbocycles. The summed E-state index contributed by atoms with van der Waals surface area (Å²) >= 11 is 0. The maximum absolute atomic E-state index is 12.1. The molecule has 0 saturated carbocycles. The normalized spacial score (nSPS) is 10.2. The quantitative estimate of drug-likeness (QED) is 0.592. The van der Waals surface area contributed by atoms with Crippen LogP contribution in [0.5, 0.6) is 0 Å². The van der Waals surface area contributed by atoms with E-state index in [0.717, 1.165) is 24.0 Å². The zero-order valence-electron chi connectivity index (χ0n) is 11.6.